The molecule has 4 aromatic rings. The van der Waals surface area contributed by atoms with Crippen molar-refractivity contribution in [2.45, 2.75) is 0 Å². The van der Waals surface area contributed by atoms with Gasteiger partial charge in [0.15, 0.2) is 5.65 Å². The third-order valence-corrected chi connectivity index (χ3v) is 5.04. The molecule has 3 amide bonds. The van der Waals surface area contributed by atoms with E-state index in [2.05, 4.69) is 41.6 Å². The molecule has 0 spiro atoms. The molecule has 4 rings (SSSR count). The third-order valence-electron chi connectivity index (χ3n) is 4.35. The number of benzene rings is 2. The molecule has 2 heterocycles. The van der Waals surface area contributed by atoms with Crippen molar-refractivity contribution in [3.8, 4) is 11.1 Å². The normalized spacial score (nSPS) is 10.6. The molecular formula is C21H15BrFN7O2. The first-order valence-electron chi connectivity index (χ1n) is 9.22. The van der Waals surface area contributed by atoms with Gasteiger partial charge >= 0.3 is 6.03 Å². The van der Waals surface area contributed by atoms with Crippen molar-refractivity contribution in [3.63, 3.8) is 0 Å². The van der Waals surface area contributed by atoms with Crippen LogP contribution < -0.4 is 21.9 Å². The first-order valence-corrected chi connectivity index (χ1v) is 10.0. The summed E-state index contributed by atoms with van der Waals surface area (Å²) < 4.78 is 13.9. The van der Waals surface area contributed by atoms with Gasteiger partial charge in [-0.05, 0) is 42.0 Å². The number of carbonyl (C=O) groups is 2. The van der Waals surface area contributed by atoms with Crippen molar-refractivity contribution in [3.05, 3.63) is 76.8 Å². The Morgan fingerprint density at radius 1 is 0.969 bits per heavy atom. The molecule has 0 atom stereocenters. The van der Waals surface area contributed by atoms with Crippen LogP contribution >= 0.6 is 15.9 Å². The number of urea groups is 1. The molecular weight excluding hydrogens is 481 g/mol. The molecule has 0 fully saturated rings. The van der Waals surface area contributed by atoms with Gasteiger partial charge in [0.05, 0.1) is 0 Å². The molecule has 2 aromatic carbocycles. The largest absolute Gasteiger partial charge is 0.350 e. The fourth-order valence-corrected chi connectivity index (χ4v) is 3.42. The van der Waals surface area contributed by atoms with E-state index in [0.29, 0.717) is 22.2 Å². The summed E-state index contributed by atoms with van der Waals surface area (Å²) in [5.74, 6) is -0.827. The minimum absolute atomic E-state index is 0.0181. The van der Waals surface area contributed by atoms with Crippen molar-refractivity contribution in [1.29, 1.82) is 0 Å². The minimum Gasteiger partial charge on any atom is -0.350 e. The number of carbonyl (C=O) groups excluding carboxylic acids is 2. The number of rotatable bonds is 4. The highest BCUT2D eigenvalue weighted by molar-refractivity contribution is 9.10. The van der Waals surface area contributed by atoms with Crippen LogP contribution in [0, 0.1) is 5.82 Å². The molecule has 0 radical (unpaired) electrons. The van der Waals surface area contributed by atoms with Gasteiger partial charge in [-0.15, -0.1) is 0 Å². The molecule has 9 nitrogen and oxygen atoms in total. The number of hydrogen-bond donors (Lipinski definition) is 4. The van der Waals surface area contributed by atoms with Gasteiger partial charge in [0, 0.05) is 27.3 Å². The number of amides is 3. The lowest BCUT2D eigenvalue weighted by Gasteiger charge is -2.13. The number of fused-ring (bicyclic) bond motifs is 1. The molecule has 32 heavy (non-hydrogen) atoms. The molecule has 0 saturated carbocycles. The predicted octanol–water partition coefficient (Wildman–Crippen LogP) is 3.65. The number of pyridine rings is 1. The average Bonchev–Trinajstić information content (AvgIpc) is 2.78. The summed E-state index contributed by atoms with van der Waals surface area (Å²) in [5.41, 5.74) is 11.3. The van der Waals surface area contributed by atoms with Gasteiger partial charge in [0.1, 0.15) is 11.5 Å². The highest BCUT2D eigenvalue weighted by Crippen LogP contribution is 2.32. The Morgan fingerprint density at radius 3 is 2.44 bits per heavy atom. The molecule has 5 N–H and O–H groups in total. The van der Waals surface area contributed by atoms with Crippen LogP contribution in [-0.2, 0) is 0 Å². The molecule has 160 valence electrons. The van der Waals surface area contributed by atoms with E-state index in [4.69, 9.17) is 5.73 Å². The van der Waals surface area contributed by atoms with E-state index in [1.54, 1.807) is 24.4 Å². The first kappa shape index (κ1) is 21.1. The van der Waals surface area contributed by atoms with Gasteiger partial charge in [0.25, 0.3) is 5.91 Å². The molecule has 2 aromatic heterocycles. The maximum absolute atomic E-state index is 13.1. The summed E-state index contributed by atoms with van der Waals surface area (Å²) in [7, 11) is 0. The Kier molecular flexibility index (Phi) is 5.90. The zero-order chi connectivity index (χ0) is 22.7. The third kappa shape index (κ3) is 4.62. The highest BCUT2D eigenvalue weighted by atomic mass is 79.9. The van der Waals surface area contributed by atoms with Crippen molar-refractivity contribution in [2.75, 3.05) is 5.32 Å². The maximum atomic E-state index is 13.1. The van der Waals surface area contributed by atoms with E-state index in [1.165, 1.54) is 12.1 Å². The van der Waals surface area contributed by atoms with Gasteiger partial charge in [-0.2, -0.15) is 4.98 Å². The van der Waals surface area contributed by atoms with Crippen molar-refractivity contribution in [1.82, 2.24) is 25.8 Å². The number of nitrogens with one attached hydrogen (secondary N) is 3. The van der Waals surface area contributed by atoms with Gasteiger partial charge in [-0.3, -0.25) is 10.2 Å². The predicted molar refractivity (Wildman–Crippen MR) is 120 cm³/mol. The second-order valence-electron chi connectivity index (χ2n) is 6.55. The number of hydrogen-bond acceptors (Lipinski definition) is 6. The van der Waals surface area contributed by atoms with Crippen molar-refractivity contribution < 1.29 is 14.0 Å². The van der Waals surface area contributed by atoms with Crippen LogP contribution in [0.4, 0.5) is 20.8 Å². The first-order chi connectivity index (χ1) is 15.4. The summed E-state index contributed by atoms with van der Waals surface area (Å²) in [6.45, 7) is 0. The number of nitrogens with two attached hydrogens (primary N) is 1. The fraction of sp³-hybridized carbons (Fsp3) is 0. The highest BCUT2D eigenvalue weighted by Gasteiger charge is 2.19. The zero-order valence-corrected chi connectivity index (χ0v) is 17.9. The zero-order valence-electron chi connectivity index (χ0n) is 16.3. The molecule has 0 unspecified atom stereocenters. The Morgan fingerprint density at radius 2 is 1.72 bits per heavy atom. The van der Waals surface area contributed by atoms with Crippen LogP contribution in [0.1, 0.15) is 10.5 Å². The Hall–Kier alpha value is -4.12. The van der Waals surface area contributed by atoms with Gasteiger partial charge in [-0.1, -0.05) is 34.1 Å². The summed E-state index contributed by atoms with van der Waals surface area (Å²) >= 11 is 3.48. The summed E-state index contributed by atoms with van der Waals surface area (Å²) in [5, 5.41) is 3.54. The molecule has 11 heteroatoms. The Balaban J connectivity index is 1.79. The van der Waals surface area contributed by atoms with Crippen LogP contribution in [0.15, 0.2) is 65.3 Å². The molecule has 0 aliphatic carbocycles. The Bertz CT molecular complexity index is 1330. The molecule has 0 aliphatic rings. The summed E-state index contributed by atoms with van der Waals surface area (Å²) in [6.07, 6.45) is 1.56. The summed E-state index contributed by atoms with van der Waals surface area (Å²) in [6, 6.07) is 13.8. The van der Waals surface area contributed by atoms with Crippen LogP contribution in [0.25, 0.3) is 22.2 Å². The van der Waals surface area contributed by atoms with E-state index >= 15 is 0 Å². The minimum atomic E-state index is -0.922. The van der Waals surface area contributed by atoms with Gasteiger partial charge in [0.2, 0.25) is 5.95 Å². The van der Waals surface area contributed by atoms with Crippen LogP contribution in [-0.4, -0.2) is 26.9 Å². The van der Waals surface area contributed by atoms with Gasteiger partial charge in [-0.25, -0.2) is 24.6 Å². The maximum Gasteiger partial charge on any atom is 0.330 e. The van der Waals surface area contributed by atoms with E-state index in [1.807, 2.05) is 29.7 Å². The number of hydrazine groups is 1. The molecule has 0 aliphatic heterocycles. The van der Waals surface area contributed by atoms with Crippen LogP contribution in [0.2, 0.25) is 0 Å². The van der Waals surface area contributed by atoms with E-state index in [-0.39, 0.29) is 23.1 Å². The standard InChI is InChI=1S/C21H15BrFN7O2/c22-16-4-2-1-3-14(16)15-9-11-10-25-21(26-13-7-5-12(23)6-8-13)28-18(11)27-17(15)19(31)29-30-20(24)32/h1-10H,(H,29,31)(H3,24,30,32)(H,25,26,27,28). The molecule has 0 bridgehead atoms. The lowest BCUT2D eigenvalue weighted by Crippen LogP contribution is -2.44. The number of aromatic nitrogens is 3. The van der Waals surface area contributed by atoms with E-state index < -0.39 is 11.9 Å². The fourth-order valence-electron chi connectivity index (χ4n) is 2.92. The monoisotopic (exact) mass is 495 g/mol. The lowest BCUT2D eigenvalue weighted by atomic mass is 10.0. The van der Waals surface area contributed by atoms with E-state index in [0.717, 1.165) is 4.47 Å². The van der Waals surface area contributed by atoms with Gasteiger partial charge < -0.3 is 11.1 Å². The topological polar surface area (TPSA) is 135 Å². The number of nitrogens with zero attached hydrogens (tertiary/aromatic N) is 3. The second-order valence-corrected chi connectivity index (χ2v) is 7.40. The molecule has 0 saturated heterocycles. The van der Waals surface area contributed by atoms with Crippen LogP contribution in [0.3, 0.4) is 0 Å². The number of primary amides is 1. The van der Waals surface area contributed by atoms with Crippen molar-refractivity contribution >= 4 is 50.5 Å². The smallest absolute Gasteiger partial charge is 0.330 e. The van der Waals surface area contributed by atoms with Crippen LogP contribution in [0.5, 0.6) is 0 Å². The summed E-state index contributed by atoms with van der Waals surface area (Å²) in [4.78, 5) is 36.8. The Labute approximate surface area is 189 Å². The number of halogens is 2. The number of anilines is 2. The SMILES string of the molecule is NC(=O)NNC(=O)c1nc2nc(Nc3ccc(F)cc3)ncc2cc1-c1ccccc1Br. The van der Waals surface area contributed by atoms with E-state index in [9.17, 15) is 14.0 Å². The van der Waals surface area contributed by atoms with Crippen molar-refractivity contribution in [2.24, 2.45) is 5.73 Å². The quantitative estimate of drug-likeness (QED) is 0.319. The second kappa shape index (κ2) is 8.94. The lowest BCUT2D eigenvalue weighted by molar-refractivity contribution is 0.0933. The average molecular weight is 496 g/mol.